The first kappa shape index (κ1) is 12.9. The van der Waals surface area contributed by atoms with Crippen molar-refractivity contribution in [2.45, 2.75) is 6.92 Å². The van der Waals surface area contributed by atoms with Crippen molar-refractivity contribution >= 4 is 27.5 Å². The molecule has 0 atom stereocenters. The van der Waals surface area contributed by atoms with Gasteiger partial charge in [0.15, 0.2) is 0 Å². The highest BCUT2D eigenvalue weighted by molar-refractivity contribution is 5.94. The monoisotopic (exact) mass is 287 g/mol. The van der Waals surface area contributed by atoms with Crippen LogP contribution >= 0.6 is 0 Å². The van der Waals surface area contributed by atoms with Gasteiger partial charge < -0.3 is 10.3 Å². The molecule has 0 spiro atoms. The number of aryl methyl sites for hydroxylation is 1. The van der Waals surface area contributed by atoms with Gasteiger partial charge in [-0.05, 0) is 41.5 Å². The predicted octanol–water partition coefficient (Wildman–Crippen LogP) is 4.73. The molecule has 0 radical (unpaired) electrons. The van der Waals surface area contributed by atoms with Crippen LogP contribution in [-0.4, -0.2) is 17.0 Å². The fourth-order valence-corrected chi connectivity index (χ4v) is 2.96. The Balaban J connectivity index is 1.95. The predicted molar refractivity (Wildman–Crippen MR) is 93.3 cm³/mol. The van der Waals surface area contributed by atoms with Gasteiger partial charge in [0.05, 0.1) is 17.4 Å². The van der Waals surface area contributed by atoms with Crippen LogP contribution in [0.15, 0.2) is 54.9 Å². The number of nitrogens with zero attached hydrogens (tertiary/aromatic N) is 1. The molecule has 3 nitrogen and oxygen atoms in total. The van der Waals surface area contributed by atoms with Crippen LogP contribution in [-0.2, 0) is 0 Å². The molecule has 0 saturated heterocycles. The van der Waals surface area contributed by atoms with Crippen molar-refractivity contribution in [2.24, 2.45) is 0 Å². The summed E-state index contributed by atoms with van der Waals surface area (Å²) < 4.78 is 0. The summed E-state index contributed by atoms with van der Waals surface area (Å²) in [5.74, 6) is 0. The van der Waals surface area contributed by atoms with E-state index in [1.807, 2.05) is 7.05 Å². The lowest BCUT2D eigenvalue weighted by Gasteiger charge is -2.11. The minimum atomic E-state index is 0.984. The van der Waals surface area contributed by atoms with E-state index < -0.39 is 0 Å². The highest BCUT2D eigenvalue weighted by atomic mass is 14.9. The third kappa shape index (κ3) is 2.02. The second-order valence-corrected chi connectivity index (χ2v) is 5.63. The number of hydrogen-bond acceptors (Lipinski definition) is 2. The van der Waals surface area contributed by atoms with Gasteiger partial charge in [0, 0.05) is 18.3 Å². The SMILES string of the molecule is CNc1cc2[nH]cnc2cc1-c1ccc2cc(C)ccc2c1. The molecule has 0 bridgehead atoms. The second-order valence-electron chi connectivity index (χ2n) is 5.63. The molecule has 22 heavy (non-hydrogen) atoms. The second kappa shape index (κ2) is 4.88. The van der Waals surface area contributed by atoms with Gasteiger partial charge in [0.2, 0.25) is 0 Å². The van der Waals surface area contributed by atoms with Crippen molar-refractivity contribution in [1.29, 1.82) is 0 Å². The van der Waals surface area contributed by atoms with E-state index in [4.69, 9.17) is 0 Å². The van der Waals surface area contributed by atoms with Crippen LogP contribution < -0.4 is 5.32 Å². The zero-order chi connectivity index (χ0) is 15.1. The number of fused-ring (bicyclic) bond motifs is 2. The normalized spacial score (nSPS) is 11.2. The summed E-state index contributed by atoms with van der Waals surface area (Å²) in [4.78, 5) is 7.53. The average Bonchev–Trinajstić information content (AvgIpc) is 3.00. The number of aromatic amines is 1. The van der Waals surface area contributed by atoms with Crippen molar-refractivity contribution in [3.8, 4) is 11.1 Å². The number of rotatable bonds is 2. The molecule has 0 amide bonds. The minimum Gasteiger partial charge on any atom is -0.388 e. The van der Waals surface area contributed by atoms with Crippen molar-refractivity contribution in [2.75, 3.05) is 12.4 Å². The summed E-state index contributed by atoms with van der Waals surface area (Å²) in [5.41, 5.74) is 6.79. The number of anilines is 1. The minimum absolute atomic E-state index is 0.984. The van der Waals surface area contributed by atoms with E-state index in [0.29, 0.717) is 0 Å². The van der Waals surface area contributed by atoms with Gasteiger partial charge in [0.1, 0.15) is 0 Å². The number of benzene rings is 3. The molecule has 2 N–H and O–H groups in total. The summed E-state index contributed by atoms with van der Waals surface area (Å²) in [6.07, 6.45) is 1.73. The quantitative estimate of drug-likeness (QED) is 0.559. The third-order valence-electron chi connectivity index (χ3n) is 4.14. The first-order valence-electron chi connectivity index (χ1n) is 7.40. The number of hydrogen-bond donors (Lipinski definition) is 2. The molecule has 1 aromatic heterocycles. The Labute approximate surface area is 129 Å². The Bertz CT molecular complexity index is 982. The number of imidazole rings is 1. The Morgan fingerprint density at radius 3 is 2.64 bits per heavy atom. The third-order valence-corrected chi connectivity index (χ3v) is 4.14. The zero-order valence-electron chi connectivity index (χ0n) is 12.6. The summed E-state index contributed by atoms with van der Waals surface area (Å²) in [6.45, 7) is 2.12. The smallest absolute Gasteiger partial charge is 0.0931 e. The van der Waals surface area contributed by atoms with E-state index in [1.54, 1.807) is 6.33 Å². The highest BCUT2D eigenvalue weighted by Crippen LogP contribution is 2.33. The van der Waals surface area contributed by atoms with Gasteiger partial charge >= 0.3 is 0 Å². The van der Waals surface area contributed by atoms with E-state index >= 15 is 0 Å². The van der Waals surface area contributed by atoms with Crippen molar-refractivity contribution in [3.63, 3.8) is 0 Å². The molecule has 3 heteroatoms. The molecule has 108 valence electrons. The van der Waals surface area contributed by atoms with Crippen molar-refractivity contribution < 1.29 is 0 Å². The highest BCUT2D eigenvalue weighted by Gasteiger charge is 2.08. The number of H-pyrrole nitrogens is 1. The maximum Gasteiger partial charge on any atom is 0.0931 e. The van der Waals surface area contributed by atoms with Gasteiger partial charge in [-0.1, -0.05) is 35.9 Å². The Morgan fingerprint density at radius 2 is 1.77 bits per heavy atom. The molecule has 4 aromatic rings. The molecule has 0 saturated carbocycles. The lowest BCUT2D eigenvalue weighted by atomic mass is 9.98. The van der Waals surface area contributed by atoms with Gasteiger partial charge in [0.25, 0.3) is 0 Å². The largest absolute Gasteiger partial charge is 0.388 e. The number of aromatic nitrogens is 2. The summed E-state index contributed by atoms with van der Waals surface area (Å²) in [6, 6.07) is 17.4. The average molecular weight is 287 g/mol. The topological polar surface area (TPSA) is 40.7 Å². The molecule has 4 rings (SSSR count). The van der Waals surface area contributed by atoms with Gasteiger partial charge in [-0.25, -0.2) is 4.98 Å². The van der Waals surface area contributed by atoms with Crippen LogP contribution in [0.2, 0.25) is 0 Å². The van der Waals surface area contributed by atoms with Crippen LogP contribution in [0.4, 0.5) is 5.69 Å². The van der Waals surface area contributed by atoms with Crippen molar-refractivity contribution in [3.05, 3.63) is 60.4 Å². The molecule has 0 aliphatic carbocycles. The van der Waals surface area contributed by atoms with Gasteiger partial charge in [-0.2, -0.15) is 0 Å². The van der Waals surface area contributed by atoms with E-state index in [0.717, 1.165) is 16.7 Å². The van der Waals surface area contributed by atoms with Crippen LogP contribution in [0, 0.1) is 6.92 Å². The first-order chi connectivity index (χ1) is 10.7. The van der Waals surface area contributed by atoms with Crippen LogP contribution in [0.25, 0.3) is 32.9 Å². The van der Waals surface area contributed by atoms with E-state index in [2.05, 4.69) is 70.7 Å². The molecule has 1 heterocycles. The van der Waals surface area contributed by atoms with Crippen LogP contribution in [0.5, 0.6) is 0 Å². The van der Waals surface area contributed by atoms with Crippen LogP contribution in [0.1, 0.15) is 5.56 Å². The number of nitrogens with one attached hydrogen (secondary N) is 2. The van der Waals surface area contributed by atoms with E-state index in [-0.39, 0.29) is 0 Å². The lowest BCUT2D eigenvalue weighted by molar-refractivity contribution is 1.34. The molecule has 0 aliphatic rings. The molecule has 3 aromatic carbocycles. The van der Waals surface area contributed by atoms with E-state index in [9.17, 15) is 0 Å². The maximum atomic E-state index is 4.37. The first-order valence-corrected chi connectivity index (χ1v) is 7.40. The fraction of sp³-hybridized carbons (Fsp3) is 0.105. The Hall–Kier alpha value is -2.81. The summed E-state index contributed by atoms with van der Waals surface area (Å²) in [5, 5.41) is 5.82. The molecule has 0 aliphatic heterocycles. The maximum absolute atomic E-state index is 4.37. The molecular formula is C19H17N3. The van der Waals surface area contributed by atoms with Crippen molar-refractivity contribution in [1.82, 2.24) is 9.97 Å². The Morgan fingerprint density at radius 1 is 0.955 bits per heavy atom. The summed E-state index contributed by atoms with van der Waals surface area (Å²) >= 11 is 0. The van der Waals surface area contributed by atoms with Gasteiger partial charge in [-0.15, -0.1) is 0 Å². The zero-order valence-corrected chi connectivity index (χ0v) is 12.6. The summed E-state index contributed by atoms with van der Waals surface area (Å²) in [7, 11) is 1.95. The molecular weight excluding hydrogens is 270 g/mol. The fourth-order valence-electron chi connectivity index (χ4n) is 2.96. The lowest BCUT2D eigenvalue weighted by Crippen LogP contribution is -1.92. The Kier molecular flexibility index (Phi) is 2.86. The van der Waals surface area contributed by atoms with E-state index in [1.165, 1.54) is 27.5 Å². The molecule has 0 unspecified atom stereocenters. The van der Waals surface area contributed by atoms with Gasteiger partial charge in [-0.3, -0.25) is 0 Å². The standard InChI is InChI=1S/C19H17N3/c1-12-3-4-14-8-15(6-5-13(14)7-12)16-9-18-19(22-11-21-18)10-17(16)20-2/h3-11,20H,1-2H3,(H,21,22). The molecule has 0 fully saturated rings. The van der Waals surface area contributed by atoms with Crippen LogP contribution in [0.3, 0.4) is 0 Å².